The lowest BCUT2D eigenvalue weighted by Crippen LogP contribution is -2.49. The van der Waals surface area contributed by atoms with Crippen LogP contribution < -0.4 is 10.2 Å². The molecule has 212 valence electrons. The van der Waals surface area contributed by atoms with Crippen LogP contribution in [0.15, 0.2) is 22.9 Å². The average molecular weight is 558 g/mol. The van der Waals surface area contributed by atoms with E-state index in [4.69, 9.17) is 9.51 Å². The summed E-state index contributed by atoms with van der Waals surface area (Å²) in [7, 11) is 2.09. The number of hydrogen-bond acceptors (Lipinski definition) is 9. The van der Waals surface area contributed by atoms with Crippen molar-refractivity contribution >= 4 is 11.9 Å². The Bertz CT molecular complexity index is 1420. The number of phenols is 1. The molecule has 0 radical (unpaired) electrons. The number of rotatable bonds is 6. The number of amides is 1. The fraction of sp³-hybridized carbons (Fsp3) is 0.519. The van der Waals surface area contributed by atoms with Crippen molar-refractivity contribution in [2.24, 2.45) is 5.41 Å². The van der Waals surface area contributed by atoms with Crippen molar-refractivity contribution < 1.29 is 27.6 Å². The van der Waals surface area contributed by atoms with Gasteiger partial charge in [0.2, 0.25) is 11.8 Å². The lowest BCUT2D eigenvalue weighted by atomic mass is 9.53. The smallest absolute Gasteiger partial charge is 0.276 e. The van der Waals surface area contributed by atoms with Gasteiger partial charge in [-0.05, 0) is 63.1 Å². The first-order chi connectivity index (χ1) is 19.2. The van der Waals surface area contributed by atoms with Crippen LogP contribution in [0.5, 0.6) is 5.75 Å². The van der Waals surface area contributed by atoms with Crippen LogP contribution >= 0.6 is 0 Å². The molecule has 1 aliphatic heterocycles. The molecule has 1 amide bonds. The predicted octanol–water partition coefficient (Wildman–Crippen LogP) is 3.42. The Hall–Kier alpha value is -3.74. The van der Waals surface area contributed by atoms with Gasteiger partial charge in [0.15, 0.2) is 23.2 Å². The molecular weight excluding hydrogens is 527 g/mol. The van der Waals surface area contributed by atoms with Crippen LogP contribution in [0.4, 0.5) is 19.1 Å². The zero-order chi connectivity index (χ0) is 28.1. The summed E-state index contributed by atoms with van der Waals surface area (Å²) in [4.78, 5) is 30.8. The molecule has 4 aliphatic rings. The Balaban J connectivity index is 1.11. The highest BCUT2D eigenvalue weighted by Crippen LogP contribution is 2.57. The van der Waals surface area contributed by atoms with E-state index in [0.29, 0.717) is 29.4 Å². The van der Waals surface area contributed by atoms with Gasteiger partial charge in [-0.15, -0.1) is 0 Å². The van der Waals surface area contributed by atoms with Crippen LogP contribution in [0.1, 0.15) is 54.7 Å². The Kier molecular flexibility index (Phi) is 6.64. The molecule has 7 rings (SSSR count). The number of aromatic hydroxyl groups is 1. The monoisotopic (exact) mass is 557 g/mol. The third-order valence-corrected chi connectivity index (χ3v) is 8.95. The van der Waals surface area contributed by atoms with Crippen molar-refractivity contribution in [2.75, 3.05) is 44.7 Å². The number of carbonyl (C=O) groups excluding carboxylic acids is 1. The maximum absolute atomic E-state index is 14.1. The fourth-order valence-corrected chi connectivity index (χ4v) is 6.15. The van der Waals surface area contributed by atoms with Gasteiger partial charge in [0.25, 0.3) is 11.8 Å². The molecule has 0 spiro atoms. The van der Waals surface area contributed by atoms with Gasteiger partial charge in [-0.2, -0.15) is 9.37 Å². The van der Waals surface area contributed by atoms with E-state index in [1.54, 1.807) is 12.3 Å². The number of piperazine rings is 1. The number of phenolic OH excluding ortho intramolecular Hbond substituents is 1. The Morgan fingerprint density at radius 2 is 1.75 bits per heavy atom. The van der Waals surface area contributed by atoms with E-state index >= 15 is 0 Å². The highest BCUT2D eigenvalue weighted by Gasteiger charge is 2.51. The van der Waals surface area contributed by atoms with Gasteiger partial charge in [-0.1, -0.05) is 5.16 Å². The third-order valence-electron chi connectivity index (χ3n) is 8.95. The fourth-order valence-electron chi connectivity index (χ4n) is 6.15. The second-order valence-corrected chi connectivity index (χ2v) is 11.3. The minimum Gasteiger partial charge on any atom is -0.503 e. The van der Waals surface area contributed by atoms with Gasteiger partial charge in [0, 0.05) is 44.3 Å². The molecule has 13 heteroatoms. The van der Waals surface area contributed by atoms with Crippen LogP contribution in [0.25, 0.3) is 11.6 Å². The molecule has 0 unspecified atom stereocenters. The average Bonchev–Trinajstić information content (AvgIpc) is 3.50. The van der Waals surface area contributed by atoms with Crippen LogP contribution in [0, 0.1) is 22.9 Å². The van der Waals surface area contributed by atoms with Gasteiger partial charge < -0.3 is 24.7 Å². The molecule has 2 bridgehead atoms. The predicted molar refractivity (Wildman–Crippen MR) is 137 cm³/mol. The second kappa shape index (κ2) is 10.0. The molecule has 10 nitrogen and oxygen atoms in total. The van der Waals surface area contributed by atoms with Crippen molar-refractivity contribution in [3.05, 3.63) is 47.2 Å². The largest absolute Gasteiger partial charge is 0.503 e. The van der Waals surface area contributed by atoms with Gasteiger partial charge in [0.1, 0.15) is 5.69 Å². The summed E-state index contributed by atoms with van der Waals surface area (Å²) in [5.41, 5.74) is -0.642. The number of aromatic nitrogens is 4. The molecule has 2 N–H and O–H groups in total. The molecule has 3 aliphatic carbocycles. The van der Waals surface area contributed by atoms with Gasteiger partial charge >= 0.3 is 0 Å². The first-order valence-electron chi connectivity index (χ1n) is 13.4. The topological polar surface area (TPSA) is 121 Å². The molecule has 4 fully saturated rings. The van der Waals surface area contributed by atoms with Crippen LogP contribution in [0.3, 0.4) is 0 Å². The SMILES string of the molecule is CN1CCN(c2nccc(-c3nc(C45CCC(CNC(=O)c6cc(F)c(O)c(F)c6F)(CC4)CC5)no3)n2)CC1. The number of halogens is 3. The van der Waals surface area contributed by atoms with Crippen molar-refractivity contribution in [2.45, 2.75) is 43.9 Å². The van der Waals surface area contributed by atoms with Crippen molar-refractivity contribution in [3.8, 4) is 17.3 Å². The van der Waals surface area contributed by atoms with Gasteiger partial charge in [0.05, 0.1) is 5.56 Å². The van der Waals surface area contributed by atoms with E-state index in [1.165, 1.54) is 0 Å². The highest BCUT2D eigenvalue weighted by molar-refractivity contribution is 5.94. The van der Waals surface area contributed by atoms with E-state index in [1.807, 2.05) is 0 Å². The summed E-state index contributed by atoms with van der Waals surface area (Å²) in [6.07, 6.45) is 6.39. The van der Waals surface area contributed by atoms with E-state index < -0.39 is 34.7 Å². The van der Waals surface area contributed by atoms with E-state index in [-0.39, 0.29) is 17.4 Å². The minimum atomic E-state index is -1.78. The summed E-state index contributed by atoms with van der Waals surface area (Å²) >= 11 is 0. The summed E-state index contributed by atoms with van der Waals surface area (Å²) in [5, 5.41) is 16.2. The number of hydrogen-bond donors (Lipinski definition) is 2. The molecule has 3 saturated carbocycles. The molecule has 2 aromatic heterocycles. The van der Waals surface area contributed by atoms with Crippen LogP contribution in [0.2, 0.25) is 0 Å². The molecule has 1 aromatic carbocycles. The number of benzene rings is 1. The van der Waals surface area contributed by atoms with Crippen LogP contribution in [-0.4, -0.2) is 75.8 Å². The van der Waals surface area contributed by atoms with Crippen molar-refractivity contribution in [1.82, 2.24) is 30.3 Å². The third kappa shape index (κ3) is 4.65. The lowest BCUT2D eigenvalue weighted by Gasteiger charge is -2.52. The number of likely N-dealkylation sites (N-methyl/N-ethyl adjacent to an activating group) is 1. The van der Waals surface area contributed by atoms with Gasteiger partial charge in [-0.25, -0.2) is 18.7 Å². The zero-order valence-corrected chi connectivity index (χ0v) is 22.1. The molecular formula is C27H30F3N7O3. The second-order valence-electron chi connectivity index (χ2n) is 11.3. The van der Waals surface area contributed by atoms with Crippen molar-refractivity contribution in [1.29, 1.82) is 0 Å². The summed E-state index contributed by atoms with van der Waals surface area (Å²) in [6.45, 7) is 3.82. The van der Waals surface area contributed by atoms with E-state index in [9.17, 15) is 23.1 Å². The zero-order valence-electron chi connectivity index (χ0n) is 22.1. The molecule has 3 aromatic rings. The summed E-state index contributed by atoms with van der Waals surface area (Å²) in [6, 6.07) is 2.27. The minimum absolute atomic E-state index is 0.210. The lowest BCUT2D eigenvalue weighted by molar-refractivity contribution is 0.0334. The Morgan fingerprint density at radius 3 is 2.45 bits per heavy atom. The summed E-state index contributed by atoms with van der Waals surface area (Å²) in [5.74, 6) is -5.46. The van der Waals surface area contributed by atoms with Crippen molar-refractivity contribution in [3.63, 3.8) is 0 Å². The first kappa shape index (κ1) is 26.5. The molecule has 3 heterocycles. The number of fused-ring (bicyclic) bond motifs is 3. The standard InChI is InChI=1S/C27H30F3N7O3/c1-36-10-12-37(13-11-36)25-31-9-2-18(33-25)23-34-24(35-40-23)27-6-3-26(4-7-27,5-8-27)15-32-22(39)16-14-17(28)21(38)20(30)19(16)29/h2,9,14,38H,3-8,10-13,15H2,1H3,(H,32,39). The number of nitrogens with zero attached hydrogens (tertiary/aromatic N) is 6. The molecule has 0 atom stereocenters. The number of anilines is 1. The first-order valence-corrected chi connectivity index (χ1v) is 13.4. The number of carbonyl (C=O) groups is 1. The Morgan fingerprint density at radius 1 is 1.05 bits per heavy atom. The molecule has 1 saturated heterocycles. The Labute approximate surface area is 228 Å². The summed E-state index contributed by atoms with van der Waals surface area (Å²) < 4.78 is 47.2. The maximum Gasteiger partial charge on any atom is 0.276 e. The van der Waals surface area contributed by atoms with E-state index in [2.05, 4.69) is 37.3 Å². The molecule has 40 heavy (non-hydrogen) atoms. The number of nitrogens with one attached hydrogen (secondary N) is 1. The maximum atomic E-state index is 14.1. The van der Waals surface area contributed by atoms with E-state index in [0.717, 1.165) is 64.7 Å². The van der Waals surface area contributed by atoms with Gasteiger partial charge in [-0.3, -0.25) is 4.79 Å². The quantitative estimate of drug-likeness (QED) is 0.439. The highest BCUT2D eigenvalue weighted by atomic mass is 19.2. The normalized spacial score (nSPS) is 24.9. The van der Waals surface area contributed by atoms with Crippen LogP contribution in [-0.2, 0) is 5.41 Å².